The smallest absolute Gasteiger partial charge is 0.257 e. The monoisotopic (exact) mass is 483 g/mol. The Labute approximate surface area is 200 Å². The summed E-state index contributed by atoms with van der Waals surface area (Å²) in [5.41, 5.74) is 1.04. The largest absolute Gasteiger partial charge is 0.497 e. The van der Waals surface area contributed by atoms with E-state index in [2.05, 4.69) is 10.2 Å². The van der Waals surface area contributed by atoms with E-state index in [1.54, 1.807) is 7.11 Å². The van der Waals surface area contributed by atoms with Crippen molar-refractivity contribution < 1.29 is 22.7 Å². The van der Waals surface area contributed by atoms with Crippen LogP contribution >= 0.6 is 0 Å². The van der Waals surface area contributed by atoms with E-state index >= 15 is 0 Å². The van der Waals surface area contributed by atoms with E-state index in [1.165, 1.54) is 4.31 Å². The highest BCUT2D eigenvalue weighted by Crippen LogP contribution is 2.22. The van der Waals surface area contributed by atoms with Crippen LogP contribution in [-0.2, 0) is 14.8 Å². The zero-order chi connectivity index (χ0) is 24.0. The van der Waals surface area contributed by atoms with Gasteiger partial charge < -0.3 is 19.7 Å². The summed E-state index contributed by atoms with van der Waals surface area (Å²) in [5.74, 6) is 0.885. The number of rotatable bonds is 9. The van der Waals surface area contributed by atoms with Gasteiger partial charge in [0.1, 0.15) is 11.5 Å². The molecule has 1 fully saturated rings. The standard InChI is InChI=1S/C25H29N3O5S/c1-32-23-10-7-22(8-11-23)27-13-15-28(16-14-27)34(30,31)17-12-26-25(29)19-33-24-9-6-20-4-2-3-5-21(20)18-24/h2-11,18H,12-17,19H2,1H3,(H,26,29). The Morgan fingerprint density at radius 1 is 0.912 bits per heavy atom. The molecule has 3 aromatic carbocycles. The minimum absolute atomic E-state index is 0.0426. The summed E-state index contributed by atoms with van der Waals surface area (Å²) in [7, 11) is -1.83. The summed E-state index contributed by atoms with van der Waals surface area (Å²) >= 11 is 0. The minimum atomic E-state index is -3.46. The first-order chi connectivity index (χ1) is 16.4. The molecule has 0 aromatic heterocycles. The van der Waals surface area contributed by atoms with Gasteiger partial charge in [-0.15, -0.1) is 0 Å². The molecule has 0 spiro atoms. The number of ether oxygens (including phenoxy) is 2. The molecule has 0 bridgehead atoms. The Balaban J connectivity index is 1.19. The second-order valence-electron chi connectivity index (χ2n) is 8.05. The first kappa shape index (κ1) is 23.8. The molecule has 0 saturated carbocycles. The zero-order valence-electron chi connectivity index (χ0n) is 19.1. The molecule has 0 radical (unpaired) electrons. The Morgan fingerprint density at radius 2 is 1.59 bits per heavy atom. The average molecular weight is 484 g/mol. The van der Waals surface area contributed by atoms with E-state index in [9.17, 15) is 13.2 Å². The number of benzene rings is 3. The summed E-state index contributed by atoms with van der Waals surface area (Å²) in [6, 6.07) is 21.2. The third-order valence-electron chi connectivity index (χ3n) is 5.84. The number of carbonyl (C=O) groups excluding carboxylic acids is 1. The first-order valence-electron chi connectivity index (χ1n) is 11.2. The molecule has 9 heteroatoms. The van der Waals surface area contributed by atoms with Crippen molar-refractivity contribution in [2.45, 2.75) is 0 Å². The second-order valence-corrected chi connectivity index (χ2v) is 10.1. The molecule has 8 nitrogen and oxygen atoms in total. The Kier molecular flexibility index (Phi) is 7.54. The summed E-state index contributed by atoms with van der Waals surface area (Å²) in [5, 5.41) is 4.76. The SMILES string of the molecule is COc1ccc(N2CCN(S(=O)(=O)CCNC(=O)COc3ccc4ccccc4c3)CC2)cc1. The van der Waals surface area contributed by atoms with E-state index in [-0.39, 0.29) is 24.8 Å². The van der Waals surface area contributed by atoms with E-state index in [1.807, 2.05) is 66.7 Å². The van der Waals surface area contributed by atoms with Crippen LogP contribution in [0.15, 0.2) is 66.7 Å². The van der Waals surface area contributed by atoms with Crippen molar-refractivity contribution in [3.63, 3.8) is 0 Å². The average Bonchev–Trinajstić information content (AvgIpc) is 2.87. The maximum absolute atomic E-state index is 12.7. The van der Waals surface area contributed by atoms with Gasteiger partial charge in [0.05, 0.1) is 12.9 Å². The van der Waals surface area contributed by atoms with Gasteiger partial charge in [-0.2, -0.15) is 4.31 Å². The molecule has 180 valence electrons. The van der Waals surface area contributed by atoms with Gasteiger partial charge in [-0.25, -0.2) is 8.42 Å². The molecule has 1 amide bonds. The van der Waals surface area contributed by atoms with Gasteiger partial charge in [-0.05, 0) is 47.2 Å². The fourth-order valence-corrected chi connectivity index (χ4v) is 5.26. The molecule has 0 aliphatic carbocycles. The Morgan fingerprint density at radius 3 is 2.29 bits per heavy atom. The highest BCUT2D eigenvalue weighted by atomic mass is 32.2. The molecule has 4 rings (SSSR count). The Hall–Kier alpha value is -3.30. The van der Waals surface area contributed by atoms with Gasteiger partial charge in [0.15, 0.2) is 6.61 Å². The lowest BCUT2D eigenvalue weighted by Gasteiger charge is -2.35. The van der Waals surface area contributed by atoms with Gasteiger partial charge >= 0.3 is 0 Å². The number of methoxy groups -OCH3 is 1. The van der Waals surface area contributed by atoms with Gasteiger partial charge in [-0.3, -0.25) is 4.79 Å². The summed E-state index contributed by atoms with van der Waals surface area (Å²) < 4.78 is 37.6. The van der Waals surface area contributed by atoms with E-state index in [0.29, 0.717) is 31.9 Å². The maximum atomic E-state index is 12.7. The van der Waals surface area contributed by atoms with Crippen molar-refractivity contribution >= 4 is 32.4 Å². The first-order valence-corrected chi connectivity index (χ1v) is 12.8. The number of nitrogens with one attached hydrogen (secondary N) is 1. The number of sulfonamides is 1. The minimum Gasteiger partial charge on any atom is -0.497 e. The van der Waals surface area contributed by atoms with Crippen molar-refractivity contribution in [3.05, 3.63) is 66.7 Å². The van der Waals surface area contributed by atoms with Crippen LogP contribution in [0.4, 0.5) is 5.69 Å². The number of piperazine rings is 1. The summed E-state index contributed by atoms with van der Waals surface area (Å²) in [6.45, 7) is 1.91. The third kappa shape index (κ3) is 5.98. The maximum Gasteiger partial charge on any atom is 0.257 e. The molecule has 1 N–H and O–H groups in total. The number of hydrogen-bond acceptors (Lipinski definition) is 6. The molecule has 3 aromatic rings. The molecular weight excluding hydrogens is 454 g/mol. The second kappa shape index (κ2) is 10.8. The number of nitrogens with zero attached hydrogens (tertiary/aromatic N) is 2. The summed E-state index contributed by atoms with van der Waals surface area (Å²) in [4.78, 5) is 14.3. The Bertz CT molecular complexity index is 1220. The van der Waals surface area contributed by atoms with Crippen LogP contribution in [0.25, 0.3) is 10.8 Å². The lowest BCUT2D eigenvalue weighted by Crippen LogP contribution is -2.50. The third-order valence-corrected chi connectivity index (χ3v) is 7.71. The molecule has 1 saturated heterocycles. The molecule has 0 atom stereocenters. The summed E-state index contributed by atoms with van der Waals surface area (Å²) in [6.07, 6.45) is 0. The number of fused-ring (bicyclic) bond motifs is 1. The topological polar surface area (TPSA) is 88.2 Å². The van der Waals surface area contributed by atoms with Crippen LogP contribution in [0.3, 0.4) is 0 Å². The van der Waals surface area contributed by atoms with Crippen LogP contribution in [-0.4, -0.2) is 70.8 Å². The molecule has 1 aliphatic rings. The normalized spacial score (nSPS) is 14.7. The van der Waals surface area contributed by atoms with Crippen molar-refractivity contribution in [2.75, 3.05) is 57.1 Å². The van der Waals surface area contributed by atoms with Gasteiger partial charge in [0.2, 0.25) is 10.0 Å². The number of hydrogen-bond donors (Lipinski definition) is 1. The van der Waals surface area contributed by atoms with E-state index < -0.39 is 10.0 Å². The van der Waals surface area contributed by atoms with E-state index in [4.69, 9.17) is 9.47 Å². The van der Waals surface area contributed by atoms with Crippen molar-refractivity contribution in [1.82, 2.24) is 9.62 Å². The predicted octanol–water partition coefficient (Wildman–Crippen LogP) is 2.50. The molecule has 34 heavy (non-hydrogen) atoms. The van der Waals surface area contributed by atoms with Crippen molar-refractivity contribution in [1.29, 1.82) is 0 Å². The number of carbonyl (C=O) groups is 1. The van der Waals surface area contributed by atoms with E-state index in [0.717, 1.165) is 22.2 Å². The molecule has 0 unspecified atom stereocenters. The van der Waals surface area contributed by atoms with Crippen LogP contribution < -0.4 is 19.7 Å². The lowest BCUT2D eigenvalue weighted by molar-refractivity contribution is -0.122. The fourth-order valence-electron chi connectivity index (χ4n) is 3.92. The van der Waals surface area contributed by atoms with Gasteiger partial charge in [0.25, 0.3) is 5.91 Å². The molecular formula is C25H29N3O5S. The number of anilines is 1. The van der Waals surface area contributed by atoms with Crippen LogP contribution in [0.2, 0.25) is 0 Å². The van der Waals surface area contributed by atoms with Gasteiger partial charge in [0, 0.05) is 38.4 Å². The number of amides is 1. The van der Waals surface area contributed by atoms with Crippen molar-refractivity contribution in [2.24, 2.45) is 0 Å². The van der Waals surface area contributed by atoms with Gasteiger partial charge in [-0.1, -0.05) is 30.3 Å². The molecule has 1 heterocycles. The zero-order valence-corrected chi connectivity index (χ0v) is 20.0. The fraction of sp³-hybridized carbons (Fsp3) is 0.320. The quantitative estimate of drug-likeness (QED) is 0.503. The van der Waals surface area contributed by atoms with Crippen LogP contribution in [0.5, 0.6) is 11.5 Å². The lowest BCUT2D eigenvalue weighted by atomic mass is 10.1. The van der Waals surface area contributed by atoms with Crippen molar-refractivity contribution in [3.8, 4) is 11.5 Å². The van der Waals surface area contributed by atoms with Crippen LogP contribution in [0, 0.1) is 0 Å². The predicted molar refractivity (Wildman–Crippen MR) is 133 cm³/mol. The van der Waals surface area contributed by atoms with Crippen LogP contribution in [0.1, 0.15) is 0 Å². The highest BCUT2D eigenvalue weighted by molar-refractivity contribution is 7.89. The highest BCUT2D eigenvalue weighted by Gasteiger charge is 2.26. The molecule has 1 aliphatic heterocycles.